The highest BCUT2D eigenvalue weighted by Gasteiger charge is 2.33. The molecule has 2 aliphatic heterocycles. The van der Waals surface area contributed by atoms with Crippen LogP contribution in [-0.4, -0.2) is 77.5 Å². The SMILES string of the molecule is O=C(NC(CO)CO)C1CCCN(C2CCN(c3nc4ccccc4o3)CC2)C1. The van der Waals surface area contributed by atoms with Crippen LogP contribution in [0.25, 0.3) is 11.1 Å². The second-order valence-corrected chi connectivity index (χ2v) is 8.09. The zero-order chi connectivity index (χ0) is 20.2. The van der Waals surface area contributed by atoms with Crippen molar-refractivity contribution in [1.29, 1.82) is 0 Å². The minimum atomic E-state index is -0.572. The van der Waals surface area contributed by atoms with Gasteiger partial charge in [-0.05, 0) is 44.4 Å². The van der Waals surface area contributed by atoms with E-state index in [1.807, 2.05) is 24.3 Å². The van der Waals surface area contributed by atoms with Gasteiger partial charge >= 0.3 is 0 Å². The highest BCUT2D eigenvalue weighted by Crippen LogP contribution is 2.28. The lowest BCUT2D eigenvalue weighted by Crippen LogP contribution is -2.52. The van der Waals surface area contributed by atoms with E-state index in [0.29, 0.717) is 12.1 Å². The molecule has 2 saturated heterocycles. The highest BCUT2D eigenvalue weighted by molar-refractivity contribution is 5.79. The minimum Gasteiger partial charge on any atom is -0.423 e. The van der Waals surface area contributed by atoms with Crippen LogP contribution < -0.4 is 10.2 Å². The van der Waals surface area contributed by atoms with Crippen molar-refractivity contribution in [3.05, 3.63) is 24.3 Å². The fourth-order valence-corrected chi connectivity index (χ4v) is 4.44. The average molecular weight is 402 g/mol. The lowest BCUT2D eigenvalue weighted by Gasteiger charge is -2.41. The number of likely N-dealkylation sites (tertiary alicyclic amines) is 1. The van der Waals surface area contributed by atoms with Crippen LogP contribution in [0, 0.1) is 5.92 Å². The second-order valence-electron chi connectivity index (χ2n) is 8.09. The Kier molecular flexibility index (Phi) is 6.32. The minimum absolute atomic E-state index is 0.0632. The van der Waals surface area contributed by atoms with E-state index in [4.69, 9.17) is 4.42 Å². The van der Waals surface area contributed by atoms with Gasteiger partial charge in [-0.15, -0.1) is 0 Å². The van der Waals surface area contributed by atoms with Crippen molar-refractivity contribution in [3.8, 4) is 0 Å². The quantitative estimate of drug-likeness (QED) is 0.662. The third kappa shape index (κ3) is 4.55. The molecule has 0 radical (unpaired) electrons. The highest BCUT2D eigenvalue weighted by atomic mass is 16.4. The predicted octanol–water partition coefficient (Wildman–Crippen LogP) is 0.978. The van der Waals surface area contributed by atoms with Gasteiger partial charge < -0.3 is 24.8 Å². The molecule has 1 atom stereocenters. The molecule has 1 amide bonds. The number of carbonyl (C=O) groups excluding carboxylic acids is 1. The maximum atomic E-state index is 12.5. The Bertz CT molecular complexity index is 781. The topological polar surface area (TPSA) is 102 Å². The predicted molar refractivity (Wildman–Crippen MR) is 110 cm³/mol. The number of carbonyl (C=O) groups is 1. The van der Waals surface area contributed by atoms with Crippen LogP contribution in [0.2, 0.25) is 0 Å². The lowest BCUT2D eigenvalue weighted by molar-refractivity contribution is -0.128. The summed E-state index contributed by atoms with van der Waals surface area (Å²) in [6, 6.07) is 8.40. The first-order chi connectivity index (χ1) is 14.2. The number of aliphatic hydroxyl groups excluding tert-OH is 2. The average Bonchev–Trinajstić information content (AvgIpc) is 3.22. The number of hydrogen-bond acceptors (Lipinski definition) is 7. The molecular weight excluding hydrogens is 372 g/mol. The molecule has 158 valence electrons. The van der Waals surface area contributed by atoms with Crippen LogP contribution in [0.5, 0.6) is 0 Å². The molecule has 0 saturated carbocycles. The molecule has 1 aromatic heterocycles. The summed E-state index contributed by atoms with van der Waals surface area (Å²) in [7, 11) is 0. The summed E-state index contributed by atoms with van der Waals surface area (Å²) < 4.78 is 5.90. The van der Waals surface area contributed by atoms with E-state index in [-0.39, 0.29) is 25.0 Å². The number of amides is 1. The molecule has 2 aliphatic rings. The molecular formula is C21H30N4O4. The van der Waals surface area contributed by atoms with Gasteiger partial charge in [0, 0.05) is 25.7 Å². The molecule has 2 fully saturated rings. The van der Waals surface area contributed by atoms with Crippen molar-refractivity contribution in [2.75, 3.05) is 44.3 Å². The summed E-state index contributed by atoms with van der Waals surface area (Å²) in [5, 5.41) is 21.1. The number of nitrogens with one attached hydrogen (secondary N) is 1. The number of piperidine rings is 2. The number of nitrogens with zero attached hydrogens (tertiary/aromatic N) is 3. The van der Waals surface area contributed by atoms with Crippen LogP contribution in [0.4, 0.5) is 6.01 Å². The number of fused-ring (bicyclic) bond motifs is 1. The monoisotopic (exact) mass is 402 g/mol. The summed E-state index contributed by atoms with van der Waals surface area (Å²) in [5.74, 6) is -0.147. The van der Waals surface area contributed by atoms with Crippen LogP contribution in [-0.2, 0) is 4.79 Å². The van der Waals surface area contributed by atoms with Crippen molar-refractivity contribution in [2.45, 2.75) is 37.8 Å². The van der Waals surface area contributed by atoms with Crippen molar-refractivity contribution in [2.24, 2.45) is 5.92 Å². The summed E-state index contributed by atoms with van der Waals surface area (Å²) in [4.78, 5) is 21.7. The fraction of sp³-hybridized carbons (Fsp3) is 0.619. The summed E-state index contributed by atoms with van der Waals surface area (Å²) in [6.45, 7) is 3.05. The van der Waals surface area contributed by atoms with Gasteiger partial charge in [-0.25, -0.2) is 0 Å². The maximum absolute atomic E-state index is 12.5. The molecule has 29 heavy (non-hydrogen) atoms. The van der Waals surface area contributed by atoms with Crippen molar-refractivity contribution < 1.29 is 19.4 Å². The molecule has 1 aromatic carbocycles. The zero-order valence-electron chi connectivity index (χ0n) is 16.7. The second kappa shape index (κ2) is 9.11. The first kappa shape index (κ1) is 20.1. The molecule has 0 spiro atoms. The van der Waals surface area contributed by atoms with Gasteiger partial charge in [-0.1, -0.05) is 12.1 Å². The summed E-state index contributed by atoms with van der Waals surface area (Å²) >= 11 is 0. The van der Waals surface area contributed by atoms with E-state index >= 15 is 0 Å². The normalized spacial score (nSPS) is 21.8. The third-order valence-electron chi connectivity index (χ3n) is 6.14. The van der Waals surface area contributed by atoms with Crippen LogP contribution in [0.3, 0.4) is 0 Å². The summed E-state index contributed by atoms with van der Waals surface area (Å²) in [6.07, 6.45) is 3.88. The molecule has 3 heterocycles. The van der Waals surface area contributed by atoms with E-state index < -0.39 is 6.04 Å². The molecule has 1 unspecified atom stereocenters. The number of oxazole rings is 1. The largest absolute Gasteiger partial charge is 0.423 e. The zero-order valence-corrected chi connectivity index (χ0v) is 16.7. The van der Waals surface area contributed by atoms with Gasteiger partial charge in [-0.3, -0.25) is 9.69 Å². The van der Waals surface area contributed by atoms with Gasteiger partial charge in [-0.2, -0.15) is 4.98 Å². The smallest absolute Gasteiger partial charge is 0.298 e. The van der Waals surface area contributed by atoms with Crippen LogP contribution >= 0.6 is 0 Å². The number of aromatic nitrogens is 1. The number of para-hydroxylation sites is 2. The van der Waals surface area contributed by atoms with E-state index in [2.05, 4.69) is 20.1 Å². The molecule has 8 heteroatoms. The number of anilines is 1. The fourth-order valence-electron chi connectivity index (χ4n) is 4.44. The van der Waals surface area contributed by atoms with Gasteiger partial charge in [0.2, 0.25) is 5.91 Å². The summed E-state index contributed by atoms with van der Waals surface area (Å²) in [5.41, 5.74) is 1.71. The molecule has 2 aromatic rings. The van der Waals surface area contributed by atoms with Gasteiger partial charge in [0.1, 0.15) is 5.52 Å². The Labute approximate surface area is 170 Å². The van der Waals surface area contributed by atoms with Crippen molar-refractivity contribution in [3.63, 3.8) is 0 Å². The van der Waals surface area contributed by atoms with Gasteiger partial charge in [0.15, 0.2) is 5.58 Å². The molecule has 8 nitrogen and oxygen atoms in total. The standard InChI is InChI=1S/C21H30N4O4/c26-13-16(14-27)22-20(28)15-4-3-9-25(12-15)17-7-10-24(11-8-17)21-23-18-5-1-2-6-19(18)29-21/h1-2,5-6,15-17,26-27H,3-4,7-14H2,(H,22,28). The van der Waals surface area contributed by atoms with E-state index in [0.717, 1.165) is 63.0 Å². The van der Waals surface area contributed by atoms with E-state index in [1.54, 1.807) is 0 Å². The van der Waals surface area contributed by atoms with E-state index in [9.17, 15) is 15.0 Å². The van der Waals surface area contributed by atoms with E-state index in [1.165, 1.54) is 0 Å². The third-order valence-corrected chi connectivity index (χ3v) is 6.14. The first-order valence-electron chi connectivity index (χ1n) is 10.5. The van der Waals surface area contributed by atoms with Crippen molar-refractivity contribution >= 4 is 23.0 Å². The lowest BCUT2D eigenvalue weighted by atomic mass is 9.93. The number of rotatable bonds is 6. The molecule has 3 N–H and O–H groups in total. The number of aliphatic hydroxyl groups is 2. The van der Waals surface area contributed by atoms with Gasteiger partial charge in [0.05, 0.1) is 25.2 Å². The molecule has 4 rings (SSSR count). The number of hydrogen-bond donors (Lipinski definition) is 3. The van der Waals surface area contributed by atoms with Gasteiger partial charge in [0.25, 0.3) is 6.01 Å². The number of benzene rings is 1. The molecule has 0 aliphatic carbocycles. The Hall–Kier alpha value is -2.16. The van der Waals surface area contributed by atoms with Crippen LogP contribution in [0.1, 0.15) is 25.7 Å². The Balaban J connectivity index is 1.31. The maximum Gasteiger partial charge on any atom is 0.298 e. The first-order valence-corrected chi connectivity index (χ1v) is 10.5. The Morgan fingerprint density at radius 1 is 1.17 bits per heavy atom. The van der Waals surface area contributed by atoms with Crippen molar-refractivity contribution in [1.82, 2.24) is 15.2 Å². The Morgan fingerprint density at radius 3 is 2.66 bits per heavy atom. The Morgan fingerprint density at radius 2 is 1.93 bits per heavy atom. The van der Waals surface area contributed by atoms with Crippen LogP contribution in [0.15, 0.2) is 28.7 Å². The molecule has 0 bridgehead atoms.